The number of fused-ring (bicyclic) bond motifs is 2. The lowest BCUT2D eigenvalue weighted by atomic mass is 9.93. The maximum atomic E-state index is 12.8. The van der Waals surface area contributed by atoms with Crippen molar-refractivity contribution in [2.75, 3.05) is 32.7 Å². The number of nitrogens with one attached hydrogen (secondary N) is 1. The van der Waals surface area contributed by atoms with Gasteiger partial charge in [0.25, 0.3) is 5.69 Å². The van der Waals surface area contributed by atoms with Crippen LogP contribution in [0.15, 0.2) is 41.3 Å². The number of quaternary nitrogens is 1. The molecule has 1 aromatic carbocycles. The Kier molecular flexibility index (Phi) is 4.58. The summed E-state index contributed by atoms with van der Waals surface area (Å²) < 4.78 is 27.0. The van der Waals surface area contributed by atoms with Crippen LogP contribution in [0.25, 0.3) is 0 Å². The molecule has 1 aromatic rings. The average Bonchev–Trinajstić information content (AvgIpc) is 3.25. The average molecular weight is 378 g/mol. The van der Waals surface area contributed by atoms with Gasteiger partial charge in [0.2, 0.25) is 10.0 Å². The van der Waals surface area contributed by atoms with Crippen molar-refractivity contribution in [1.82, 2.24) is 4.31 Å². The van der Waals surface area contributed by atoms with Gasteiger partial charge in [0.15, 0.2) is 0 Å². The molecule has 1 N–H and O–H groups in total. The maximum absolute atomic E-state index is 12.8. The first-order chi connectivity index (χ1) is 12.4. The molecule has 140 valence electrons. The summed E-state index contributed by atoms with van der Waals surface area (Å²) in [4.78, 5) is 11.8. The summed E-state index contributed by atoms with van der Waals surface area (Å²) in [5.74, 6) is 2.25. The highest BCUT2D eigenvalue weighted by atomic mass is 32.2. The third-order valence-electron chi connectivity index (χ3n) is 6.08. The van der Waals surface area contributed by atoms with E-state index in [9.17, 15) is 18.5 Å². The largest absolute Gasteiger partial charge is 0.332 e. The molecule has 0 aromatic heterocycles. The fourth-order valence-corrected chi connectivity index (χ4v) is 6.08. The van der Waals surface area contributed by atoms with E-state index in [2.05, 4.69) is 12.2 Å². The van der Waals surface area contributed by atoms with Crippen molar-refractivity contribution in [1.29, 1.82) is 0 Å². The van der Waals surface area contributed by atoms with Crippen LogP contribution in [-0.2, 0) is 10.0 Å². The first kappa shape index (κ1) is 17.6. The van der Waals surface area contributed by atoms with Crippen LogP contribution in [0.1, 0.15) is 12.8 Å². The van der Waals surface area contributed by atoms with Gasteiger partial charge in [0.05, 0.1) is 42.5 Å². The number of hydrogen-bond acceptors (Lipinski definition) is 4. The third kappa shape index (κ3) is 3.28. The summed E-state index contributed by atoms with van der Waals surface area (Å²) in [7, 11) is -3.58. The molecule has 2 bridgehead atoms. The predicted molar refractivity (Wildman–Crippen MR) is 96.3 cm³/mol. The monoisotopic (exact) mass is 378 g/mol. The van der Waals surface area contributed by atoms with Crippen LogP contribution in [0.3, 0.4) is 0 Å². The lowest BCUT2D eigenvalue weighted by Gasteiger charge is -2.33. The molecule has 4 rings (SSSR count). The molecule has 1 aliphatic heterocycles. The van der Waals surface area contributed by atoms with Crippen LogP contribution < -0.4 is 4.90 Å². The topological polar surface area (TPSA) is 85.0 Å². The molecule has 26 heavy (non-hydrogen) atoms. The molecule has 1 saturated heterocycles. The Morgan fingerprint density at radius 3 is 2.35 bits per heavy atom. The van der Waals surface area contributed by atoms with E-state index in [1.807, 2.05) is 0 Å². The molecule has 1 saturated carbocycles. The van der Waals surface area contributed by atoms with E-state index >= 15 is 0 Å². The molecule has 2 fully saturated rings. The second kappa shape index (κ2) is 6.75. The predicted octanol–water partition coefficient (Wildman–Crippen LogP) is 0.696. The van der Waals surface area contributed by atoms with Gasteiger partial charge in [-0.05, 0) is 36.8 Å². The molecule has 0 spiro atoms. The zero-order valence-electron chi connectivity index (χ0n) is 14.6. The number of sulfonamides is 1. The Morgan fingerprint density at radius 1 is 1.12 bits per heavy atom. The Hall–Kier alpha value is -1.77. The Labute approximate surface area is 153 Å². The number of rotatable bonds is 5. The van der Waals surface area contributed by atoms with Crippen LogP contribution in [0.5, 0.6) is 0 Å². The Bertz CT molecular complexity index is 813. The van der Waals surface area contributed by atoms with Crippen molar-refractivity contribution < 1.29 is 18.2 Å². The zero-order chi connectivity index (χ0) is 18.3. The maximum Gasteiger partial charge on any atom is 0.269 e. The molecule has 7 nitrogen and oxygen atoms in total. The number of piperazine rings is 1. The van der Waals surface area contributed by atoms with Gasteiger partial charge in [-0.25, -0.2) is 8.42 Å². The smallest absolute Gasteiger partial charge is 0.269 e. The Balaban J connectivity index is 1.36. The fraction of sp³-hybridized carbons (Fsp3) is 0.556. The van der Waals surface area contributed by atoms with E-state index < -0.39 is 14.9 Å². The van der Waals surface area contributed by atoms with Crippen molar-refractivity contribution in [3.8, 4) is 0 Å². The third-order valence-corrected chi connectivity index (χ3v) is 7.99. The molecule has 0 unspecified atom stereocenters. The lowest BCUT2D eigenvalue weighted by Crippen LogP contribution is -3.15. The SMILES string of the molecule is O=[N+]([O-])c1ccc(S(=O)(=O)N2CC[NH+](C[C@@H]3C[C@@H]4C=C[C@@H]3C4)CC2)cc1. The number of nitrogens with zero attached hydrogens (tertiary/aromatic N) is 2. The standard InChI is InChI=1S/C18H23N3O4S/c22-21(23)17-3-5-18(6-4-17)26(24,25)20-9-7-19(8-10-20)13-16-12-14-1-2-15(16)11-14/h1-6,14-16H,7-13H2/p+1/t14-,15-,16+/m1/s1. The second-order valence-electron chi connectivity index (χ2n) is 7.65. The van der Waals surface area contributed by atoms with E-state index in [-0.39, 0.29) is 10.6 Å². The summed E-state index contributed by atoms with van der Waals surface area (Å²) in [6, 6.07) is 5.15. The van der Waals surface area contributed by atoms with Crippen LogP contribution in [0.2, 0.25) is 0 Å². The highest BCUT2D eigenvalue weighted by molar-refractivity contribution is 7.89. The summed E-state index contributed by atoms with van der Waals surface area (Å²) in [6.45, 7) is 3.79. The van der Waals surface area contributed by atoms with Gasteiger partial charge in [-0.3, -0.25) is 10.1 Å². The molecule has 0 amide bonds. The highest BCUT2D eigenvalue weighted by Gasteiger charge is 2.39. The van der Waals surface area contributed by atoms with Crippen molar-refractivity contribution >= 4 is 15.7 Å². The molecule has 2 aliphatic carbocycles. The van der Waals surface area contributed by atoms with Crippen LogP contribution in [0.4, 0.5) is 5.69 Å². The van der Waals surface area contributed by atoms with E-state index in [1.165, 1.54) is 46.3 Å². The Morgan fingerprint density at radius 2 is 1.81 bits per heavy atom. The number of nitro groups is 1. The molecule has 0 radical (unpaired) electrons. The second-order valence-corrected chi connectivity index (χ2v) is 9.59. The van der Waals surface area contributed by atoms with Gasteiger partial charge in [0.1, 0.15) is 0 Å². The lowest BCUT2D eigenvalue weighted by molar-refractivity contribution is -0.907. The summed E-state index contributed by atoms with van der Waals surface area (Å²) >= 11 is 0. The number of nitro benzene ring substituents is 1. The quantitative estimate of drug-likeness (QED) is 0.464. The molecular weight excluding hydrogens is 354 g/mol. The number of allylic oxidation sites excluding steroid dienone is 2. The highest BCUT2D eigenvalue weighted by Crippen LogP contribution is 2.42. The van der Waals surface area contributed by atoms with Crippen molar-refractivity contribution in [2.45, 2.75) is 17.7 Å². The first-order valence-corrected chi connectivity index (χ1v) is 10.6. The van der Waals surface area contributed by atoms with Gasteiger partial charge in [-0.15, -0.1) is 0 Å². The fourth-order valence-electron chi connectivity index (χ4n) is 4.64. The van der Waals surface area contributed by atoms with Crippen molar-refractivity contribution in [3.63, 3.8) is 0 Å². The van der Waals surface area contributed by atoms with Crippen LogP contribution in [-0.4, -0.2) is 50.4 Å². The minimum atomic E-state index is -3.58. The number of benzene rings is 1. The minimum absolute atomic E-state index is 0.0990. The first-order valence-electron chi connectivity index (χ1n) is 9.20. The number of hydrogen-bond donors (Lipinski definition) is 1. The van der Waals surface area contributed by atoms with Gasteiger partial charge in [-0.1, -0.05) is 12.2 Å². The van der Waals surface area contributed by atoms with Crippen molar-refractivity contribution in [3.05, 3.63) is 46.5 Å². The minimum Gasteiger partial charge on any atom is -0.332 e. The van der Waals surface area contributed by atoms with Gasteiger partial charge in [-0.2, -0.15) is 4.31 Å². The normalized spacial score (nSPS) is 29.3. The van der Waals surface area contributed by atoms with Crippen LogP contribution >= 0.6 is 0 Å². The van der Waals surface area contributed by atoms with E-state index in [0.29, 0.717) is 13.1 Å². The molecule has 1 heterocycles. The summed E-state index contributed by atoms with van der Waals surface area (Å²) in [6.07, 6.45) is 7.31. The molecular formula is C18H24N3O4S+. The zero-order valence-corrected chi connectivity index (χ0v) is 15.4. The summed E-state index contributed by atoms with van der Waals surface area (Å²) in [5.41, 5.74) is -0.0990. The van der Waals surface area contributed by atoms with E-state index in [1.54, 1.807) is 0 Å². The van der Waals surface area contributed by atoms with E-state index in [4.69, 9.17) is 0 Å². The molecule has 3 aliphatic rings. The molecule has 8 heteroatoms. The van der Waals surface area contributed by atoms with Gasteiger partial charge >= 0.3 is 0 Å². The van der Waals surface area contributed by atoms with E-state index in [0.717, 1.165) is 37.4 Å². The van der Waals surface area contributed by atoms with Gasteiger partial charge < -0.3 is 4.90 Å². The number of non-ortho nitro benzene ring substituents is 1. The summed E-state index contributed by atoms with van der Waals surface area (Å²) in [5, 5.41) is 10.7. The van der Waals surface area contributed by atoms with Gasteiger partial charge in [0, 0.05) is 18.1 Å². The van der Waals surface area contributed by atoms with Crippen LogP contribution in [0, 0.1) is 27.9 Å². The van der Waals surface area contributed by atoms with Crippen molar-refractivity contribution in [2.24, 2.45) is 17.8 Å². The molecule has 3 atom stereocenters.